The van der Waals surface area contributed by atoms with Gasteiger partial charge in [0.2, 0.25) is 0 Å². The zero-order valence-electron chi connectivity index (χ0n) is 9.26. The van der Waals surface area contributed by atoms with Crippen LogP contribution in [0.15, 0.2) is 59.3 Å². The van der Waals surface area contributed by atoms with E-state index in [9.17, 15) is 0 Å². The second-order valence-electron chi connectivity index (χ2n) is 3.91. The molecule has 3 aromatic rings. The number of fused-ring (bicyclic) bond motifs is 1. The van der Waals surface area contributed by atoms with E-state index < -0.39 is 0 Å². The predicted molar refractivity (Wildman–Crippen MR) is 67.8 cm³/mol. The Bertz CT molecular complexity index is 617. The van der Waals surface area contributed by atoms with Crippen molar-refractivity contribution in [3.8, 4) is 0 Å². The van der Waals surface area contributed by atoms with E-state index in [1.165, 1.54) is 10.8 Å². The second-order valence-corrected chi connectivity index (χ2v) is 3.91. The van der Waals surface area contributed by atoms with Gasteiger partial charge >= 0.3 is 0 Å². The van der Waals surface area contributed by atoms with Crippen molar-refractivity contribution in [1.29, 1.82) is 0 Å². The monoisotopic (exact) mass is 224 g/mol. The number of rotatable bonds is 3. The fourth-order valence-electron chi connectivity index (χ4n) is 1.82. The van der Waals surface area contributed by atoms with Gasteiger partial charge in [-0.2, -0.15) is 0 Å². The maximum absolute atomic E-state index is 4.78. The van der Waals surface area contributed by atoms with E-state index in [2.05, 4.69) is 40.8 Å². The number of anilines is 1. The maximum Gasteiger partial charge on any atom is 0.124 e. The van der Waals surface area contributed by atoms with Crippen LogP contribution < -0.4 is 5.32 Å². The molecule has 2 aromatic carbocycles. The molecular weight excluding hydrogens is 212 g/mol. The van der Waals surface area contributed by atoms with Gasteiger partial charge in [-0.05, 0) is 22.9 Å². The molecule has 0 spiro atoms. The highest BCUT2D eigenvalue weighted by Gasteiger charge is 1.98. The molecule has 17 heavy (non-hydrogen) atoms. The summed E-state index contributed by atoms with van der Waals surface area (Å²) in [5.41, 5.74) is 1.99. The Balaban J connectivity index is 1.81. The van der Waals surface area contributed by atoms with E-state index in [1.807, 2.05) is 18.2 Å². The average molecular weight is 224 g/mol. The first-order valence-corrected chi connectivity index (χ1v) is 5.54. The molecule has 1 N–H and O–H groups in total. The molecule has 3 heteroatoms. The van der Waals surface area contributed by atoms with Crippen LogP contribution in [0.1, 0.15) is 5.69 Å². The van der Waals surface area contributed by atoms with Crippen molar-refractivity contribution in [2.24, 2.45) is 0 Å². The van der Waals surface area contributed by atoms with Crippen molar-refractivity contribution >= 4 is 16.5 Å². The molecule has 3 nitrogen and oxygen atoms in total. The van der Waals surface area contributed by atoms with Crippen molar-refractivity contribution in [2.75, 3.05) is 5.32 Å². The van der Waals surface area contributed by atoms with Crippen molar-refractivity contribution in [3.05, 3.63) is 60.5 Å². The molecule has 0 amide bonds. The van der Waals surface area contributed by atoms with Gasteiger partial charge in [0.05, 0.1) is 6.54 Å². The summed E-state index contributed by atoms with van der Waals surface area (Å²) in [7, 11) is 0. The normalized spacial score (nSPS) is 10.6. The number of benzene rings is 2. The van der Waals surface area contributed by atoms with Crippen molar-refractivity contribution in [3.63, 3.8) is 0 Å². The van der Waals surface area contributed by atoms with Gasteiger partial charge in [0.25, 0.3) is 0 Å². The van der Waals surface area contributed by atoms with Crippen LogP contribution in [0.5, 0.6) is 0 Å². The molecule has 0 aliphatic carbocycles. The summed E-state index contributed by atoms with van der Waals surface area (Å²) >= 11 is 0. The first kappa shape index (κ1) is 9.90. The van der Waals surface area contributed by atoms with Gasteiger partial charge in [-0.15, -0.1) is 0 Å². The molecule has 1 heterocycles. The highest BCUT2D eigenvalue weighted by atomic mass is 16.5. The molecule has 84 valence electrons. The van der Waals surface area contributed by atoms with Gasteiger partial charge < -0.3 is 9.84 Å². The largest absolute Gasteiger partial charge is 0.379 e. The van der Waals surface area contributed by atoms with Crippen LogP contribution in [0.2, 0.25) is 0 Å². The third-order valence-electron chi connectivity index (χ3n) is 2.71. The van der Waals surface area contributed by atoms with E-state index >= 15 is 0 Å². The number of hydrogen-bond acceptors (Lipinski definition) is 3. The first-order chi connectivity index (χ1) is 8.42. The lowest BCUT2D eigenvalue weighted by Crippen LogP contribution is -1.99. The average Bonchev–Trinajstić information content (AvgIpc) is 2.89. The standard InChI is InChI=1S/C14H12N2O/c1-2-4-12-9-13(6-5-11(12)3-1)15-10-14-7-8-17-16-14/h1-9,15H,10H2. The number of nitrogens with one attached hydrogen (secondary N) is 1. The lowest BCUT2D eigenvalue weighted by Gasteiger charge is -2.05. The number of aromatic nitrogens is 1. The molecule has 1 aromatic heterocycles. The van der Waals surface area contributed by atoms with Gasteiger partial charge in [0.15, 0.2) is 0 Å². The Hall–Kier alpha value is -2.29. The highest BCUT2D eigenvalue weighted by Crippen LogP contribution is 2.19. The maximum atomic E-state index is 4.78. The third kappa shape index (κ3) is 2.13. The topological polar surface area (TPSA) is 38.1 Å². The molecule has 0 bridgehead atoms. The highest BCUT2D eigenvalue weighted by molar-refractivity contribution is 5.85. The molecule has 0 fully saturated rings. The third-order valence-corrected chi connectivity index (χ3v) is 2.71. The zero-order chi connectivity index (χ0) is 11.5. The molecule has 0 saturated heterocycles. The second kappa shape index (κ2) is 4.29. The van der Waals surface area contributed by atoms with Crippen molar-refractivity contribution in [1.82, 2.24) is 5.16 Å². The van der Waals surface area contributed by atoms with Crippen molar-refractivity contribution < 1.29 is 4.52 Å². The molecule has 0 radical (unpaired) electrons. The van der Waals surface area contributed by atoms with E-state index in [0.717, 1.165) is 11.4 Å². The van der Waals surface area contributed by atoms with Gasteiger partial charge in [0.1, 0.15) is 12.0 Å². The molecule has 3 rings (SSSR count). The van der Waals surface area contributed by atoms with Gasteiger partial charge in [-0.25, -0.2) is 0 Å². The fourth-order valence-corrected chi connectivity index (χ4v) is 1.82. The lowest BCUT2D eigenvalue weighted by molar-refractivity contribution is 0.412. The molecule has 0 saturated carbocycles. The van der Waals surface area contributed by atoms with E-state index in [-0.39, 0.29) is 0 Å². The summed E-state index contributed by atoms with van der Waals surface area (Å²) in [6, 6.07) is 16.5. The summed E-state index contributed by atoms with van der Waals surface area (Å²) in [5, 5.41) is 9.66. The van der Waals surface area contributed by atoms with Crippen LogP contribution in [-0.4, -0.2) is 5.16 Å². The van der Waals surface area contributed by atoms with Crippen LogP contribution in [-0.2, 0) is 6.54 Å². The van der Waals surface area contributed by atoms with Gasteiger partial charge in [0, 0.05) is 11.8 Å². The summed E-state index contributed by atoms with van der Waals surface area (Å²) in [5.74, 6) is 0. The Kier molecular flexibility index (Phi) is 2.50. The summed E-state index contributed by atoms with van der Waals surface area (Å²) in [4.78, 5) is 0. The smallest absolute Gasteiger partial charge is 0.124 e. The number of nitrogens with zero attached hydrogens (tertiary/aromatic N) is 1. The first-order valence-electron chi connectivity index (χ1n) is 5.54. The van der Waals surface area contributed by atoms with Crippen LogP contribution in [0.3, 0.4) is 0 Å². The molecule has 0 unspecified atom stereocenters. The van der Waals surface area contributed by atoms with E-state index in [1.54, 1.807) is 6.26 Å². The fraction of sp³-hybridized carbons (Fsp3) is 0.0714. The van der Waals surface area contributed by atoms with Crippen LogP contribution in [0.4, 0.5) is 5.69 Å². The van der Waals surface area contributed by atoms with E-state index in [4.69, 9.17) is 4.52 Å². The SMILES string of the molecule is c1ccc2cc(NCc3ccon3)ccc2c1. The number of hydrogen-bond donors (Lipinski definition) is 1. The summed E-state index contributed by atoms with van der Waals surface area (Å²) in [6.07, 6.45) is 1.58. The Morgan fingerprint density at radius 2 is 1.88 bits per heavy atom. The Morgan fingerprint density at radius 3 is 2.71 bits per heavy atom. The van der Waals surface area contributed by atoms with Gasteiger partial charge in [-0.3, -0.25) is 0 Å². The van der Waals surface area contributed by atoms with Crippen molar-refractivity contribution in [2.45, 2.75) is 6.54 Å². The molecule has 0 atom stereocenters. The van der Waals surface area contributed by atoms with Crippen LogP contribution in [0, 0.1) is 0 Å². The zero-order valence-corrected chi connectivity index (χ0v) is 9.26. The minimum absolute atomic E-state index is 0.675. The molecular formula is C14H12N2O. The minimum Gasteiger partial charge on any atom is -0.379 e. The molecule has 0 aliphatic rings. The summed E-state index contributed by atoms with van der Waals surface area (Å²) < 4.78 is 4.78. The van der Waals surface area contributed by atoms with Crippen LogP contribution in [0.25, 0.3) is 10.8 Å². The van der Waals surface area contributed by atoms with Gasteiger partial charge in [-0.1, -0.05) is 35.5 Å². The van der Waals surface area contributed by atoms with Crippen LogP contribution >= 0.6 is 0 Å². The molecule has 0 aliphatic heterocycles. The predicted octanol–water partition coefficient (Wildman–Crippen LogP) is 3.44. The summed E-state index contributed by atoms with van der Waals surface area (Å²) in [6.45, 7) is 0.675. The Morgan fingerprint density at radius 1 is 1.00 bits per heavy atom. The quantitative estimate of drug-likeness (QED) is 0.740. The van der Waals surface area contributed by atoms with E-state index in [0.29, 0.717) is 6.54 Å². The Labute approximate surface area is 99.1 Å². The lowest BCUT2D eigenvalue weighted by atomic mass is 10.1. The minimum atomic E-state index is 0.675.